The van der Waals surface area contributed by atoms with E-state index in [0.717, 1.165) is 11.1 Å². The zero-order valence-electron chi connectivity index (χ0n) is 18.2. The third-order valence-corrected chi connectivity index (χ3v) is 5.91. The molecule has 0 bridgehead atoms. The molecule has 0 radical (unpaired) electrons. The molecular weight excluding hydrogens is 436 g/mol. The first-order valence-corrected chi connectivity index (χ1v) is 11.5. The highest BCUT2D eigenvalue weighted by atomic mass is 32.2. The van der Waals surface area contributed by atoms with E-state index in [-0.39, 0.29) is 17.3 Å². The highest BCUT2D eigenvalue weighted by molar-refractivity contribution is 7.99. The van der Waals surface area contributed by atoms with E-state index in [1.165, 1.54) is 11.8 Å². The zero-order chi connectivity index (χ0) is 23.0. The first-order chi connectivity index (χ1) is 16.1. The Kier molecular flexibility index (Phi) is 7.26. The molecule has 4 aromatic rings. The summed E-state index contributed by atoms with van der Waals surface area (Å²) < 4.78 is 7.50. The van der Waals surface area contributed by atoms with Crippen LogP contribution in [0.25, 0.3) is 0 Å². The van der Waals surface area contributed by atoms with Crippen molar-refractivity contribution in [2.24, 2.45) is 0 Å². The van der Waals surface area contributed by atoms with Crippen LogP contribution < -0.4 is 15.7 Å². The van der Waals surface area contributed by atoms with E-state index in [0.29, 0.717) is 35.3 Å². The first kappa shape index (κ1) is 22.4. The number of nitrogens with zero attached hydrogens (tertiary/aromatic N) is 2. The number of aryl methyl sites for hydroxylation is 2. The Labute approximate surface area is 195 Å². The molecule has 0 saturated heterocycles. The number of para-hydroxylation sites is 2. The normalized spacial score (nSPS) is 10.7. The third-order valence-electron chi connectivity index (χ3n) is 4.93. The summed E-state index contributed by atoms with van der Waals surface area (Å²) in [6, 6.07) is 24.9. The van der Waals surface area contributed by atoms with E-state index in [2.05, 4.69) is 15.5 Å². The smallest absolute Gasteiger partial charge is 0.343 e. The highest BCUT2D eigenvalue weighted by Gasteiger charge is 2.13. The zero-order valence-corrected chi connectivity index (χ0v) is 19.0. The number of anilines is 1. The molecule has 33 heavy (non-hydrogen) atoms. The van der Waals surface area contributed by atoms with Crippen molar-refractivity contribution in [2.75, 3.05) is 11.1 Å². The van der Waals surface area contributed by atoms with Gasteiger partial charge in [0.2, 0.25) is 5.91 Å². The molecule has 0 atom stereocenters. The van der Waals surface area contributed by atoms with Gasteiger partial charge < -0.3 is 10.1 Å². The number of hydrogen-bond donors (Lipinski definition) is 2. The maximum absolute atomic E-state index is 12.6. The molecule has 4 rings (SSSR count). The van der Waals surface area contributed by atoms with Gasteiger partial charge in [-0.25, -0.2) is 9.89 Å². The number of H-pyrrole nitrogens is 1. The van der Waals surface area contributed by atoms with Gasteiger partial charge in [-0.1, -0.05) is 71.9 Å². The van der Waals surface area contributed by atoms with Gasteiger partial charge in [-0.2, -0.15) is 0 Å². The van der Waals surface area contributed by atoms with E-state index in [9.17, 15) is 9.59 Å². The van der Waals surface area contributed by atoms with Crippen molar-refractivity contribution < 1.29 is 9.53 Å². The van der Waals surface area contributed by atoms with Gasteiger partial charge in [-0.15, -0.1) is 5.10 Å². The molecule has 8 heteroatoms. The van der Waals surface area contributed by atoms with Crippen LogP contribution in [0.15, 0.2) is 88.8 Å². The molecule has 0 fully saturated rings. The van der Waals surface area contributed by atoms with Gasteiger partial charge >= 0.3 is 5.69 Å². The number of rotatable bonds is 9. The molecule has 0 spiro atoms. The molecule has 7 nitrogen and oxygen atoms in total. The second-order valence-corrected chi connectivity index (χ2v) is 8.39. The van der Waals surface area contributed by atoms with Crippen molar-refractivity contribution in [1.29, 1.82) is 0 Å². The SMILES string of the molecule is Cc1ccc(Oc2ccccc2NC(=O)CSc2n[nH]c(=O)n2CCc2ccccc2)cc1. The number of aromatic nitrogens is 3. The summed E-state index contributed by atoms with van der Waals surface area (Å²) in [5.41, 5.74) is 2.56. The van der Waals surface area contributed by atoms with Gasteiger partial charge in [-0.3, -0.25) is 9.36 Å². The van der Waals surface area contributed by atoms with Gasteiger partial charge in [0, 0.05) is 6.54 Å². The largest absolute Gasteiger partial charge is 0.455 e. The second-order valence-electron chi connectivity index (χ2n) is 7.45. The van der Waals surface area contributed by atoms with Crippen molar-refractivity contribution in [1.82, 2.24) is 14.8 Å². The lowest BCUT2D eigenvalue weighted by atomic mass is 10.1. The summed E-state index contributed by atoms with van der Waals surface area (Å²) in [7, 11) is 0. The summed E-state index contributed by atoms with van der Waals surface area (Å²) in [5.74, 6) is 1.13. The Morgan fingerprint density at radius 2 is 1.76 bits per heavy atom. The van der Waals surface area contributed by atoms with Crippen molar-refractivity contribution >= 4 is 23.4 Å². The van der Waals surface area contributed by atoms with Gasteiger partial charge in [0.1, 0.15) is 5.75 Å². The molecule has 2 N–H and O–H groups in total. The van der Waals surface area contributed by atoms with Gasteiger partial charge in [-0.05, 0) is 43.2 Å². The van der Waals surface area contributed by atoms with Crippen LogP contribution in [0.5, 0.6) is 11.5 Å². The number of aromatic amines is 1. The van der Waals surface area contributed by atoms with E-state index in [1.54, 1.807) is 16.7 Å². The van der Waals surface area contributed by atoms with Crippen LogP contribution in [0.1, 0.15) is 11.1 Å². The fourth-order valence-electron chi connectivity index (χ4n) is 3.20. The molecule has 1 heterocycles. The predicted octanol–water partition coefficient (Wildman–Crippen LogP) is 4.65. The summed E-state index contributed by atoms with van der Waals surface area (Å²) in [6.07, 6.45) is 0.698. The summed E-state index contributed by atoms with van der Waals surface area (Å²) in [4.78, 5) is 24.8. The molecule has 1 amide bonds. The third kappa shape index (κ3) is 6.14. The minimum absolute atomic E-state index is 0.106. The van der Waals surface area contributed by atoms with Gasteiger partial charge in [0.25, 0.3) is 0 Å². The average Bonchev–Trinajstić information content (AvgIpc) is 3.19. The van der Waals surface area contributed by atoms with E-state index in [4.69, 9.17) is 4.74 Å². The Morgan fingerprint density at radius 3 is 2.55 bits per heavy atom. The number of amides is 1. The summed E-state index contributed by atoms with van der Waals surface area (Å²) >= 11 is 1.21. The average molecular weight is 461 g/mol. The lowest BCUT2D eigenvalue weighted by Crippen LogP contribution is -2.20. The van der Waals surface area contributed by atoms with Crippen molar-refractivity contribution in [3.8, 4) is 11.5 Å². The van der Waals surface area contributed by atoms with Crippen LogP contribution in [0.2, 0.25) is 0 Å². The van der Waals surface area contributed by atoms with E-state index >= 15 is 0 Å². The number of carbonyl (C=O) groups excluding carboxylic acids is 1. The predicted molar refractivity (Wildman–Crippen MR) is 130 cm³/mol. The number of hydrogen-bond acceptors (Lipinski definition) is 5. The quantitative estimate of drug-likeness (QED) is 0.355. The molecule has 0 aliphatic carbocycles. The van der Waals surface area contributed by atoms with E-state index < -0.39 is 0 Å². The molecule has 0 unspecified atom stereocenters. The lowest BCUT2D eigenvalue weighted by molar-refractivity contribution is -0.113. The first-order valence-electron chi connectivity index (χ1n) is 10.5. The minimum atomic E-state index is -0.286. The Hall–Kier alpha value is -3.78. The van der Waals surface area contributed by atoms with Crippen LogP contribution >= 0.6 is 11.8 Å². The molecule has 168 valence electrons. The molecule has 0 saturated carbocycles. The Balaban J connectivity index is 1.37. The van der Waals surface area contributed by atoms with Crippen LogP contribution in [0.4, 0.5) is 5.69 Å². The van der Waals surface area contributed by atoms with Crippen molar-refractivity contribution in [2.45, 2.75) is 25.0 Å². The maximum Gasteiger partial charge on any atom is 0.343 e. The Bertz CT molecular complexity index is 1270. The molecule has 3 aromatic carbocycles. The van der Waals surface area contributed by atoms with E-state index in [1.807, 2.05) is 73.7 Å². The topological polar surface area (TPSA) is 89.0 Å². The van der Waals surface area contributed by atoms with Crippen LogP contribution in [0, 0.1) is 6.92 Å². The maximum atomic E-state index is 12.6. The number of nitrogens with one attached hydrogen (secondary N) is 2. The summed E-state index contributed by atoms with van der Waals surface area (Å²) in [6.45, 7) is 2.49. The Morgan fingerprint density at radius 1 is 1.03 bits per heavy atom. The monoisotopic (exact) mass is 460 g/mol. The van der Waals surface area contributed by atoms with Crippen molar-refractivity contribution in [3.63, 3.8) is 0 Å². The fraction of sp³-hybridized carbons (Fsp3) is 0.160. The second kappa shape index (κ2) is 10.7. The molecular formula is C25H24N4O3S. The minimum Gasteiger partial charge on any atom is -0.455 e. The number of ether oxygens (including phenoxy) is 1. The molecule has 1 aromatic heterocycles. The summed E-state index contributed by atoms with van der Waals surface area (Å²) in [5, 5.41) is 9.91. The molecule has 0 aliphatic heterocycles. The van der Waals surface area contributed by atoms with Gasteiger partial charge in [0.15, 0.2) is 10.9 Å². The number of thioether (sulfide) groups is 1. The standard InChI is InChI=1S/C25H24N4O3S/c1-18-11-13-20(14-12-18)32-22-10-6-5-9-21(22)26-23(30)17-33-25-28-27-24(31)29(25)16-15-19-7-3-2-4-8-19/h2-14H,15-17H2,1H3,(H,26,30)(H,27,31). The number of benzene rings is 3. The van der Waals surface area contributed by atoms with Crippen LogP contribution in [0.3, 0.4) is 0 Å². The van der Waals surface area contributed by atoms with Crippen molar-refractivity contribution in [3.05, 3.63) is 100 Å². The highest BCUT2D eigenvalue weighted by Crippen LogP contribution is 2.29. The number of carbonyl (C=O) groups is 1. The lowest BCUT2D eigenvalue weighted by Gasteiger charge is -2.12. The van der Waals surface area contributed by atoms with Crippen LogP contribution in [-0.2, 0) is 17.8 Å². The molecule has 0 aliphatic rings. The van der Waals surface area contributed by atoms with Crippen LogP contribution in [-0.4, -0.2) is 26.4 Å². The van der Waals surface area contributed by atoms with Gasteiger partial charge in [0.05, 0.1) is 11.4 Å². The fourth-order valence-corrected chi connectivity index (χ4v) is 3.98.